The van der Waals surface area contributed by atoms with Crippen molar-refractivity contribution < 1.29 is 28.2 Å². The fraction of sp³-hybridized carbons (Fsp3) is 0.385. The maximum Gasteiger partial charge on any atom is 0.322 e. The number of nitrogens with one attached hydrogen (secondary N) is 1. The van der Waals surface area contributed by atoms with E-state index in [1.54, 1.807) is 37.3 Å². The van der Waals surface area contributed by atoms with Crippen LogP contribution in [0.5, 0.6) is 0 Å². The molecular weight excluding hydrogens is 298 g/mol. The normalized spacial score (nSPS) is 14.3. The van der Waals surface area contributed by atoms with Crippen LogP contribution in [0.2, 0.25) is 0 Å². The smallest absolute Gasteiger partial charge is 0.322 e. The third-order valence-corrected chi connectivity index (χ3v) is 4.42. The second-order valence-corrected chi connectivity index (χ2v) is 6.50. The van der Waals surface area contributed by atoms with Crippen LogP contribution in [0.4, 0.5) is 0 Å². The monoisotopic (exact) mass is 315 g/mol. The van der Waals surface area contributed by atoms with Crippen molar-refractivity contribution in [1.82, 2.24) is 4.72 Å². The van der Waals surface area contributed by atoms with Gasteiger partial charge in [-0.3, -0.25) is 9.59 Å². The van der Waals surface area contributed by atoms with Gasteiger partial charge in [0.25, 0.3) is 0 Å². The lowest BCUT2D eigenvalue weighted by Gasteiger charge is -2.16. The van der Waals surface area contributed by atoms with Crippen LogP contribution >= 0.6 is 0 Å². The van der Waals surface area contributed by atoms with Gasteiger partial charge >= 0.3 is 11.9 Å². The quantitative estimate of drug-likeness (QED) is 0.647. The first-order valence-electron chi connectivity index (χ1n) is 6.21. The molecule has 0 aliphatic heterocycles. The van der Waals surface area contributed by atoms with Crippen molar-refractivity contribution in [3.05, 3.63) is 35.9 Å². The molecule has 0 aliphatic carbocycles. The summed E-state index contributed by atoms with van der Waals surface area (Å²) in [4.78, 5) is 21.4. The van der Waals surface area contributed by atoms with Crippen LogP contribution in [0, 0.1) is 0 Å². The van der Waals surface area contributed by atoms with Crippen molar-refractivity contribution in [2.24, 2.45) is 0 Å². The van der Waals surface area contributed by atoms with E-state index >= 15 is 0 Å². The third kappa shape index (κ3) is 5.92. The number of carbonyl (C=O) groups is 2. The van der Waals surface area contributed by atoms with Crippen LogP contribution in [-0.4, -0.2) is 42.4 Å². The summed E-state index contributed by atoms with van der Waals surface area (Å²) in [5, 5.41) is 17.4. The lowest BCUT2D eigenvalue weighted by atomic mass is 10.0. The zero-order chi connectivity index (χ0) is 16.0. The van der Waals surface area contributed by atoms with Crippen molar-refractivity contribution in [1.29, 1.82) is 0 Å². The Bertz CT molecular complexity index is 598. The first-order chi connectivity index (χ1) is 9.71. The summed E-state index contributed by atoms with van der Waals surface area (Å²) in [6.45, 7) is 1.70. The molecule has 0 aliphatic rings. The zero-order valence-electron chi connectivity index (χ0n) is 11.4. The number of rotatable bonds is 8. The second-order valence-electron chi connectivity index (χ2n) is 4.70. The third-order valence-electron chi connectivity index (χ3n) is 2.84. The number of aliphatic carboxylic acids is 2. The highest BCUT2D eigenvalue weighted by Gasteiger charge is 2.27. The van der Waals surface area contributed by atoms with Crippen molar-refractivity contribution in [3.63, 3.8) is 0 Å². The van der Waals surface area contributed by atoms with E-state index in [1.165, 1.54) is 0 Å². The van der Waals surface area contributed by atoms with Crippen molar-refractivity contribution in [2.75, 3.05) is 5.75 Å². The Kier molecular flexibility index (Phi) is 5.86. The summed E-state index contributed by atoms with van der Waals surface area (Å²) in [5.41, 5.74) is 0.799. The van der Waals surface area contributed by atoms with Gasteiger partial charge in [-0.25, -0.2) is 13.1 Å². The number of carboxylic acids is 2. The molecular formula is C13H17NO6S. The van der Waals surface area contributed by atoms with Crippen LogP contribution in [0.3, 0.4) is 0 Å². The maximum absolute atomic E-state index is 11.9. The number of benzene rings is 1. The van der Waals surface area contributed by atoms with Gasteiger partial charge in [0.05, 0.1) is 12.2 Å². The molecule has 21 heavy (non-hydrogen) atoms. The van der Waals surface area contributed by atoms with E-state index < -0.39 is 34.4 Å². The van der Waals surface area contributed by atoms with E-state index in [-0.39, 0.29) is 11.7 Å². The molecule has 0 heterocycles. The summed E-state index contributed by atoms with van der Waals surface area (Å²) in [7, 11) is -3.91. The molecule has 0 bridgehead atoms. The zero-order valence-corrected chi connectivity index (χ0v) is 12.2. The van der Waals surface area contributed by atoms with E-state index in [4.69, 9.17) is 10.2 Å². The second kappa shape index (κ2) is 7.19. The molecule has 3 N–H and O–H groups in total. The molecule has 2 unspecified atom stereocenters. The summed E-state index contributed by atoms with van der Waals surface area (Å²) >= 11 is 0. The average molecular weight is 315 g/mol. The molecule has 0 aromatic heterocycles. The van der Waals surface area contributed by atoms with E-state index in [9.17, 15) is 18.0 Å². The Morgan fingerprint density at radius 1 is 1.19 bits per heavy atom. The maximum atomic E-state index is 11.9. The van der Waals surface area contributed by atoms with Gasteiger partial charge in [0.1, 0.15) is 6.04 Å². The SMILES string of the molecule is CC(CS(=O)(=O)NC(CC(=O)O)C(=O)O)c1ccccc1. The molecule has 1 aromatic rings. The van der Waals surface area contributed by atoms with Crippen LogP contribution in [0.25, 0.3) is 0 Å². The summed E-state index contributed by atoms with van der Waals surface area (Å²) < 4.78 is 25.8. The molecule has 0 spiro atoms. The predicted octanol–water partition coefficient (Wildman–Crippen LogP) is 0.637. The molecule has 0 amide bonds. The van der Waals surface area contributed by atoms with Gasteiger partial charge in [-0.15, -0.1) is 0 Å². The number of carboxylic acid groups (broad SMARTS) is 2. The lowest BCUT2D eigenvalue weighted by molar-refractivity contribution is -0.145. The van der Waals surface area contributed by atoms with Crippen LogP contribution < -0.4 is 4.72 Å². The molecule has 116 valence electrons. The lowest BCUT2D eigenvalue weighted by Crippen LogP contribution is -2.43. The van der Waals surface area contributed by atoms with Crippen molar-refractivity contribution >= 4 is 22.0 Å². The fourth-order valence-electron chi connectivity index (χ4n) is 1.83. The molecule has 8 heteroatoms. The van der Waals surface area contributed by atoms with Crippen molar-refractivity contribution in [3.8, 4) is 0 Å². The Morgan fingerprint density at radius 3 is 2.24 bits per heavy atom. The molecule has 0 saturated heterocycles. The summed E-state index contributed by atoms with van der Waals surface area (Å²) in [6.07, 6.45) is -0.811. The highest BCUT2D eigenvalue weighted by molar-refractivity contribution is 7.89. The molecule has 1 rings (SSSR count). The highest BCUT2D eigenvalue weighted by atomic mass is 32.2. The molecule has 2 atom stereocenters. The molecule has 7 nitrogen and oxygen atoms in total. The van der Waals surface area contributed by atoms with E-state index in [1.807, 2.05) is 4.72 Å². The van der Waals surface area contributed by atoms with Crippen LogP contribution in [-0.2, 0) is 19.6 Å². The minimum Gasteiger partial charge on any atom is -0.481 e. The summed E-state index contributed by atoms with van der Waals surface area (Å²) in [5.74, 6) is -3.57. The van der Waals surface area contributed by atoms with Gasteiger partial charge in [-0.1, -0.05) is 37.3 Å². The van der Waals surface area contributed by atoms with Crippen LogP contribution in [0.15, 0.2) is 30.3 Å². The highest BCUT2D eigenvalue weighted by Crippen LogP contribution is 2.16. The summed E-state index contributed by atoms with van der Waals surface area (Å²) in [6, 6.07) is 7.22. The Balaban J connectivity index is 2.76. The average Bonchev–Trinajstić information content (AvgIpc) is 2.37. The molecule has 0 saturated carbocycles. The largest absolute Gasteiger partial charge is 0.481 e. The van der Waals surface area contributed by atoms with Gasteiger partial charge in [-0.2, -0.15) is 0 Å². The molecule has 0 radical (unpaired) electrons. The first-order valence-corrected chi connectivity index (χ1v) is 7.86. The van der Waals surface area contributed by atoms with Gasteiger partial charge in [-0.05, 0) is 11.5 Å². The first kappa shape index (κ1) is 17.1. The number of hydrogen-bond donors (Lipinski definition) is 3. The number of hydrogen-bond acceptors (Lipinski definition) is 4. The van der Waals surface area contributed by atoms with Crippen molar-refractivity contribution in [2.45, 2.75) is 25.3 Å². The van der Waals surface area contributed by atoms with Gasteiger partial charge in [0, 0.05) is 0 Å². The van der Waals surface area contributed by atoms with E-state index in [2.05, 4.69) is 0 Å². The molecule has 1 aromatic carbocycles. The Morgan fingerprint density at radius 2 is 1.76 bits per heavy atom. The van der Waals surface area contributed by atoms with Crippen LogP contribution in [0.1, 0.15) is 24.8 Å². The van der Waals surface area contributed by atoms with Gasteiger partial charge in [0.15, 0.2) is 0 Å². The fourth-order valence-corrected chi connectivity index (χ4v) is 3.39. The Labute approximate surface area is 122 Å². The van der Waals surface area contributed by atoms with Gasteiger partial charge < -0.3 is 10.2 Å². The standard InChI is InChI=1S/C13H17NO6S/c1-9(10-5-3-2-4-6-10)8-21(19,20)14-11(13(17)18)7-12(15)16/h2-6,9,11,14H,7-8H2,1H3,(H,15,16)(H,17,18). The minimum absolute atomic E-state index is 0.319. The minimum atomic E-state index is -3.91. The van der Waals surface area contributed by atoms with E-state index in [0.29, 0.717) is 0 Å². The Hall–Kier alpha value is -1.93. The van der Waals surface area contributed by atoms with Gasteiger partial charge in [0.2, 0.25) is 10.0 Å². The predicted molar refractivity (Wildman–Crippen MR) is 75.5 cm³/mol. The molecule has 0 fully saturated rings. The number of sulfonamides is 1. The topological polar surface area (TPSA) is 121 Å². The van der Waals surface area contributed by atoms with E-state index in [0.717, 1.165) is 5.56 Å².